The summed E-state index contributed by atoms with van der Waals surface area (Å²) in [5.74, 6) is 0.635. The summed E-state index contributed by atoms with van der Waals surface area (Å²) >= 11 is 0. The van der Waals surface area contributed by atoms with Crippen molar-refractivity contribution in [3.8, 4) is 11.4 Å². The van der Waals surface area contributed by atoms with Gasteiger partial charge < -0.3 is 10.1 Å². The van der Waals surface area contributed by atoms with Gasteiger partial charge in [0.25, 0.3) is 5.91 Å². The Bertz CT molecular complexity index is 862. The molecule has 3 aromatic rings. The third-order valence-corrected chi connectivity index (χ3v) is 4.12. The highest BCUT2D eigenvalue weighted by Gasteiger charge is 2.29. The lowest BCUT2D eigenvalue weighted by Crippen LogP contribution is -2.31. The number of ether oxygens (including phenoxy) is 1. The molecule has 120 valence electrons. The molecule has 0 radical (unpaired) electrons. The van der Waals surface area contributed by atoms with E-state index in [-0.39, 0.29) is 5.91 Å². The molecule has 0 fully saturated rings. The molecule has 4 rings (SSSR count). The molecule has 1 amide bonds. The minimum absolute atomic E-state index is 0.151. The van der Waals surface area contributed by atoms with Crippen LogP contribution in [0.25, 0.3) is 5.69 Å². The van der Waals surface area contributed by atoms with E-state index in [1.54, 1.807) is 4.68 Å². The first-order chi connectivity index (χ1) is 11.7. The molecule has 0 saturated carbocycles. The number of benzene rings is 2. The molecular weight excluding hydrogens is 302 g/mol. The molecule has 0 bridgehead atoms. The van der Waals surface area contributed by atoms with Crippen LogP contribution in [0, 0.1) is 6.92 Å². The van der Waals surface area contributed by atoms with E-state index in [1.165, 1.54) is 0 Å². The molecule has 1 unspecified atom stereocenters. The fourth-order valence-electron chi connectivity index (χ4n) is 2.84. The number of carbonyl (C=O) groups excluding carboxylic acids is 1. The maximum atomic E-state index is 12.5. The summed E-state index contributed by atoms with van der Waals surface area (Å²) in [6, 6.07) is 17.5. The molecule has 2 aromatic carbocycles. The lowest BCUT2D eigenvalue weighted by Gasteiger charge is -2.10. The van der Waals surface area contributed by atoms with Gasteiger partial charge in [0, 0.05) is 6.42 Å². The van der Waals surface area contributed by atoms with Crippen molar-refractivity contribution in [3.63, 3.8) is 0 Å². The van der Waals surface area contributed by atoms with Gasteiger partial charge in [-0.1, -0.05) is 36.4 Å². The lowest BCUT2D eigenvalue weighted by molar-refractivity contribution is -0.122. The number of nitrogens with one attached hydrogen (secondary N) is 1. The van der Waals surface area contributed by atoms with Crippen LogP contribution in [-0.2, 0) is 11.2 Å². The highest BCUT2D eigenvalue weighted by molar-refractivity contribution is 5.95. The van der Waals surface area contributed by atoms with E-state index in [1.807, 2.05) is 67.7 Å². The fourth-order valence-corrected chi connectivity index (χ4v) is 2.84. The van der Waals surface area contributed by atoms with Crippen molar-refractivity contribution in [2.75, 3.05) is 5.32 Å². The number of aromatic nitrogens is 2. The molecule has 1 N–H and O–H groups in total. The summed E-state index contributed by atoms with van der Waals surface area (Å²) in [6.07, 6.45) is 1.92. The zero-order valence-electron chi connectivity index (χ0n) is 13.3. The van der Waals surface area contributed by atoms with Crippen molar-refractivity contribution in [2.24, 2.45) is 0 Å². The van der Waals surface area contributed by atoms with Gasteiger partial charge in [-0.3, -0.25) is 4.79 Å². The molecule has 1 atom stereocenters. The molecule has 0 saturated heterocycles. The molecular formula is C19H17N3O2. The predicted octanol–water partition coefficient (Wildman–Crippen LogP) is 3.12. The Kier molecular flexibility index (Phi) is 3.54. The van der Waals surface area contributed by atoms with E-state index in [0.717, 1.165) is 22.7 Å². The van der Waals surface area contributed by atoms with Crippen LogP contribution in [0.15, 0.2) is 60.8 Å². The molecule has 5 nitrogen and oxygen atoms in total. The van der Waals surface area contributed by atoms with Crippen LogP contribution in [0.4, 0.5) is 5.69 Å². The maximum Gasteiger partial charge on any atom is 0.265 e. The topological polar surface area (TPSA) is 56.2 Å². The third-order valence-electron chi connectivity index (χ3n) is 4.12. The summed E-state index contributed by atoms with van der Waals surface area (Å²) in [6.45, 7) is 1.87. The maximum absolute atomic E-state index is 12.5. The number of rotatable bonds is 3. The molecule has 0 aliphatic carbocycles. The minimum atomic E-state index is -0.498. The first-order valence-corrected chi connectivity index (χ1v) is 7.88. The zero-order chi connectivity index (χ0) is 16.5. The van der Waals surface area contributed by atoms with Crippen LogP contribution in [-0.4, -0.2) is 21.8 Å². The second-order valence-corrected chi connectivity index (χ2v) is 5.82. The van der Waals surface area contributed by atoms with E-state index in [9.17, 15) is 4.79 Å². The van der Waals surface area contributed by atoms with Gasteiger partial charge in [0.15, 0.2) is 6.10 Å². The van der Waals surface area contributed by atoms with Gasteiger partial charge in [-0.15, -0.1) is 0 Å². The quantitative estimate of drug-likeness (QED) is 0.807. The summed E-state index contributed by atoms with van der Waals surface area (Å²) < 4.78 is 7.49. The van der Waals surface area contributed by atoms with Crippen LogP contribution in [0.3, 0.4) is 0 Å². The van der Waals surface area contributed by atoms with Gasteiger partial charge in [-0.05, 0) is 30.7 Å². The number of hydrogen-bond donors (Lipinski definition) is 1. The van der Waals surface area contributed by atoms with Gasteiger partial charge in [-0.2, -0.15) is 5.10 Å². The van der Waals surface area contributed by atoms with Crippen LogP contribution in [0.2, 0.25) is 0 Å². The third kappa shape index (κ3) is 2.65. The van der Waals surface area contributed by atoms with Crippen molar-refractivity contribution in [2.45, 2.75) is 19.4 Å². The Morgan fingerprint density at radius 2 is 1.92 bits per heavy atom. The zero-order valence-corrected chi connectivity index (χ0v) is 13.3. The molecule has 1 aliphatic rings. The van der Waals surface area contributed by atoms with Crippen LogP contribution in [0.5, 0.6) is 5.75 Å². The molecule has 1 aromatic heterocycles. The van der Waals surface area contributed by atoms with E-state index < -0.39 is 6.10 Å². The van der Waals surface area contributed by atoms with Crippen LogP contribution < -0.4 is 10.1 Å². The Labute approximate surface area is 139 Å². The average Bonchev–Trinajstić information content (AvgIpc) is 3.20. The summed E-state index contributed by atoms with van der Waals surface area (Å²) in [4.78, 5) is 12.5. The number of para-hydroxylation sites is 2. The number of carbonyl (C=O) groups is 1. The largest absolute Gasteiger partial charge is 0.480 e. The monoisotopic (exact) mass is 319 g/mol. The van der Waals surface area contributed by atoms with Crippen LogP contribution in [0.1, 0.15) is 11.3 Å². The molecule has 24 heavy (non-hydrogen) atoms. The van der Waals surface area contributed by atoms with Gasteiger partial charge in [0.2, 0.25) is 0 Å². The van der Waals surface area contributed by atoms with E-state index in [4.69, 9.17) is 4.74 Å². The SMILES string of the molecule is Cc1nn(-c2ccccc2)cc1NC(=O)C1Cc2ccccc2O1. The molecule has 0 spiro atoms. The summed E-state index contributed by atoms with van der Waals surface area (Å²) in [5.41, 5.74) is 3.48. The Morgan fingerprint density at radius 1 is 1.17 bits per heavy atom. The Balaban J connectivity index is 1.50. The number of hydrogen-bond acceptors (Lipinski definition) is 3. The number of aryl methyl sites for hydroxylation is 1. The Morgan fingerprint density at radius 3 is 2.71 bits per heavy atom. The average molecular weight is 319 g/mol. The van der Waals surface area contributed by atoms with Crippen molar-refractivity contribution in [3.05, 3.63) is 72.1 Å². The van der Waals surface area contributed by atoms with Crippen LogP contribution >= 0.6 is 0 Å². The smallest absolute Gasteiger partial charge is 0.265 e. The number of nitrogens with zero attached hydrogens (tertiary/aromatic N) is 2. The molecule has 2 heterocycles. The van der Waals surface area contributed by atoms with Crippen molar-refractivity contribution >= 4 is 11.6 Å². The van der Waals surface area contributed by atoms with Crippen molar-refractivity contribution in [1.82, 2.24) is 9.78 Å². The standard InChI is InChI=1S/C19H17N3O2/c1-13-16(12-22(21-13)15-8-3-2-4-9-15)20-19(23)18-11-14-7-5-6-10-17(14)24-18/h2-10,12,18H,11H2,1H3,(H,20,23). The normalized spacial score (nSPS) is 15.6. The van der Waals surface area contributed by atoms with Crippen molar-refractivity contribution < 1.29 is 9.53 Å². The Hall–Kier alpha value is -3.08. The fraction of sp³-hybridized carbons (Fsp3) is 0.158. The molecule has 1 aliphatic heterocycles. The highest BCUT2D eigenvalue weighted by atomic mass is 16.5. The lowest BCUT2D eigenvalue weighted by atomic mass is 10.1. The van der Waals surface area contributed by atoms with Gasteiger partial charge in [0.05, 0.1) is 23.3 Å². The summed E-state index contributed by atoms with van der Waals surface area (Å²) in [5, 5.41) is 7.39. The van der Waals surface area contributed by atoms with E-state index in [0.29, 0.717) is 12.1 Å². The summed E-state index contributed by atoms with van der Waals surface area (Å²) in [7, 11) is 0. The number of amides is 1. The van der Waals surface area contributed by atoms with Gasteiger partial charge >= 0.3 is 0 Å². The predicted molar refractivity (Wildman–Crippen MR) is 91.5 cm³/mol. The van der Waals surface area contributed by atoms with Gasteiger partial charge in [-0.25, -0.2) is 4.68 Å². The van der Waals surface area contributed by atoms with Gasteiger partial charge in [0.1, 0.15) is 5.75 Å². The second-order valence-electron chi connectivity index (χ2n) is 5.82. The molecule has 5 heteroatoms. The highest BCUT2D eigenvalue weighted by Crippen LogP contribution is 2.29. The second kappa shape index (κ2) is 5.85. The minimum Gasteiger partial charge on any atom is -0.480 e. The van der Waals surface area contributed by atoms with E-state index in [2.05, 4.69) is 10.4 Å². The van der Waals surface area contributed by atoms with E-state index >= 15 is 0 Å². The first-order valence-electron chi connectivity index (χ1n) is 7.88. The number of anilines is 1. The van der Waals surface area contributed by atoms with Crippen molar-refractivity contribution in [1.29, 1.82) is 0 Å². The first kappa shape index (κ1) is 14.5. The number of fused-ring (bicyclic) bond motifs is 1.